The zero-order chi connectivity index (χ0) is 23.3. The second-order valence-corrected chi connectivity index (χ2v) is 11.8. The minimum Gasteiger partial charge on any atom is -0.381 e. The summed E-state index contributed by atoms with van der Waals surface area (Å²) in [6, 6.07) is 1.15. The molecule has 0 aromatic carbocycles. The number of nitrogens with one attached hydrogen (secondary N) is 3. The maximum atomic E-state index is 13.3. The number of amides is 1. The molecule has 0 bridgehead atoms. The molecule has 3 aliphatic heterocycles. The summed E-state index contributed by atoms with van der Waals surface area (Å²) in [7, 11) is 1.85. The zero-order valence-electron chi connectivity index (χ0n) is 21.5. The predicted molar refractivity (Wildman–Crippen MR) is 135 cm³/mol. The van der Waals surface area contributed by atoms with Crippen LogP contribution in [0.3, 0.4) is 0 Å². The van der Waals surface area contributed by atoms with Crippen molar-refractivity contribution < 1.29 is 9.53 Å². The number of piperidine rings is 1. The summed E-state index contributed by atoms with van der Waals surface area (Å²) in [5.74, 6) is 2.18. The Kier molecular flexibility index (Phi) is 8.81. The topological polar surface area (TPSA) is 68.9 Å². The van der Waals surface area contributed by atoms with Gasteiger partial charge < -0.3 is 14.5 Å². The van der Waals surface area contributed by atoms with Crippen molar-refractivity contribution in [1.82, 2.24) is 25.8 Å². The van der Waals surface area contributed by atoms with Crippen molar-refractivity contribution in [1.29, 1.82) is 0 Å². The maximum Gasteiger partial charge on any atom is 0.225 e. The first-order valence-corrected chi connectivity index (χ1v) is 14.5. The Morgan fingerprint density at radius 1 is 0.824 bits per heavy atom. The molecule has 3 heterocycles. The molecule has 3 saturated heterocycles. The lowest BCUT2D eigenvalue weighted by atomic mass is 9.78. The van der Waals surface area contributed by atoms with E-state index in [-0.39, 0.29) is 12.2 Å². The fraction of sp³-hybridized carbons (Fsp3) is 0.963. The van der Waals surface area contributed by atoms with Crippen LogP contribution in [0.5, 0.6) is 0 Å². The van der Waals surface area contributed by atoms with E-state index in [1.54, 1.807) is 0 Å². The summed E-state index contributed by atoms with van der Waals surface area (Å²) in [5, 5.41) is 11.3. The van der Waals surface area contributed by atoms with E-state index in [2.05, 4.69) is 25.8 Å². The maximum absolute atomic E-state index is 13.3. The molecular formula is C27H49N5O2. The lowest BCUT2D eigenvalue weighted by Gasteiger charge is -2.41. The van der Waals surface area contributed by atoms with Gasteiger partial charge in [0, 0.05) is 51.3 Å². The fourth-order valence-electron chi connectivity index (χ4n) is 7.55. The highest BCUT2D eigenvalue weighted by molar-refractivity contribution is 5.79. The Labute approximate surface area is 207 Å². The molecule has 5 aliphatic rings. The second-order valence-electron chi connectivity index (χ2n) is 11.8. The minimum atomic E-state index is 0.182. The quantitative estimate of drug-likeness (QED) is 0.549. The van der Waals surface area contributed by atoms with Crippen LogP contribution in [0.15, 0.2) is 0 Å². The molecule has 7 nitrogen and oxygen atoms in total. The monoisotopic (exact) mass is 475 g/mol. The van der Waals surface area contributed by atoms with Crippen LogP contribution < -0.4 is 16.0 Å². The van der Waals surface area contributed by atoms with E-state index in [4.69, 9.17) is 4.74 Å². The van der Waals surface area contributed by atoms with Crippen molar-refractivity contribution in [3.05, 3.63) is 0 Å². The van der Waals surface area contributed by atoms with Gasteiger partial charge in [-0.25, -0.2) is 0 Å². The average Bonchev–Trinajstić information content (AvgIpc) is 3.44. The molecule has 2 aliphatic carbocycles. The van der Waals surface area contributed by atoms with Crippen LogP contribution in [-0.4, -0.2) is 86.6 Å². The Bertz CT molecular complexity index is 633. The molecular weight excluding hydrogens is 426 g/mol. The van der Waals surface area contributed by atoms with E-state index in [1.165, 1.54) is 70.9 Å². The number of nitrogens with zero attached hydrogens (tertiary/aromatic N) is 2. The van der Waals surface area contributed by atoms with E-state index in [9.17, 15) is 4.79 Å². The number of carbonyl (C=O) groups excluding carboxylic acids is 1. The fourth-order valence-corrected chi connectivity index (χ4v) is 7.55. The van der Waals surface area contributed by atoms with Crippen molar-refractivity contribution in [2.75, 3.05) is 46.4 Å². The summed E-state index contributed by atoms with van der Waals surface area (Å²) in [6.07, 6.45) is 15.2. The molecule has 7 heteroatoms. The third-order valence-corrected chi connectivity index (χ3v) is 9.75. The number of likely N-dealkylation sites (tertiary alicyclic amines) is 2. The summed E-state index contributed by atoms with van der Waals surface area (Å²) >= 11 is 0. The number of hydrogen-bond acceptors (Lipinski definition) is 6. The largest absolute Gasteiger partial charge is 0.381 e. The first-order valence-electron chi connectivity index (χ1n) is 14.5. The van der Waals surface area contributed by atoms with Gasteiger partial charge in [-0.1, -0.05) is 6.42 Å². The Balaban J connectivity index is 1.02. The molecule has 2 saturated carbocycles. The van der Waals surface area contributed by atoms with E-state index < -0.39 is 0 Å². The number of rotatable bonds is 6. The molecule has 3 N–H and O–H groups in total. The Hall–Kier alpha value is -0.730. The van der Waals surface area contributed by atoms with Crippen LogP contribution in [0, 0.1) is 17.8 Å². The van der Waals surface area contributed by atoms with E-state index in [0.29, 0.717) is 18.1 Å². The number of methoxy groups -OCH3 is 1. The van der Waals surface area contributed by atoms with Crippen LogP contribution in [-0.2, 0) is 9.53 Å². The van der Waals surface area contributed by atoms with Gasteiger partial charge in [-0.05, 0) is 95.6 Å². The molecule has 194 valence electrons. The first-order chi connectivity index (χ1) is 16.7. The molecule has 0 aromatic rings. The molecule has 34 heavy (non-hydrogen) atoms. The first kappa shape index (κ1) is 24.9. The van der Waals surface area contributed by atoms with Crippen molar-refractivity contribution in [2.45, 2.75) is 102 Å². The van der Waals surface area contributed by atoms with Crippen LogP contribution >= 0.6 is 0 Å². The van der Waals surface area contributed by atoms with Crippen molar-refractivity contribution in [3.63, 3.8) is 0 Å². The predicted octanol–water partition coefficient (Wildman–Crippen LogP) is 2.52. The van der Waals surface area contributed by atoms with Gasteiger partial charge in [-0.2, -0.15) is 0 Å². The van der Waals surface area contributed by atoms with E-state index in [0.717, 1.165) is 63.3 Å². The highest BCUT2D eigenvalue weighted by Gasteiger charge is 2.35. The third kappa shape index (κ3) is 6.15. The molecule has 0 spiro atoms. The lowest BCUT2D eigenvalue weighted by molar-refractivity contribution is -0.138. The highest BCUT2D eigenvalue weighted by Crippen LogP contribution is 2.32. The van der Waals surface area contributed by atoms with Gasteiger partial charge in [-0.3, -0.25) is 20.7 Å². The molecule has 2 atom stereocenters. The number of hydrogen-bond donors (Lipinski definition) is 3. The molecule has 0 radical (unpaired) electrons. The molecule has 2 unspecified atom stereocenters. The molecule has 5 rings (SSSR count). The molecule has 0 aromatic heterocycles. The van der Waals surface area contributed by atoms with Gasteiger partial charge in [0.25, 0.3) is 0 Å². The standard InChI is InChI=1S/C27H49N5O2/c1-34-25-9-7-20(8-10-25)22-18-28-27(29-19-22)30-23-6-4-5-21(17-23)26(33)32-15-11-24(12-16-32)31-13-2-3-14-31/h20-25,27-30H,2-19H2,1H3. The normalized spacial score (nSPS) is 38.8. The van der Waals surface area contributed by atoms with Crippen molar-refractivity contribution in [3.8, 4) is 0 Å². The van der Waals surface area contributed by atoms with Gasteiger partial charge in [0.2, 0.25) is 5.91 Å². The van der Waals surface area contributed by atoms with Gasteiger partial charge in [0.1, 0.15) is 6.29 Å². The summed E-state index contributed by atoms with van der Waals surface area (Å²) < 4.78 is 5.55. The third-order valence-electron chi connectivity index (χ3n) is 9.75. The lowest BCUT2D eigenvalue weighted by Crippen LogP contribution is -2.63. The number of ether oxygens (including phenoxy) is 1. The minimum absolute atomic E-state index is 0.182. The summed E-state index contributed by atoms with van der Waals surface area (Å²) in [5.41, 5.74) is 0. The van der Waals surface area contributed by atoms with Crippen LogP contribution in [0.25, 0.3) is 0 Å². The van der Waals surface area contributed by atoms with Gasteiger partial charge in [0.15, 0.2) is 0 Å². The molecule has 1 amide bonds. The van der Waals surface area contributed by atoms with Crippen LogP contribution in [0.4, 0.5) is 0 Å². The van der Waals surface area contributed by atoms with Crippen molar-refractivity contribution >= 4 is 5.91 Å². The van der Waals surface area contributed by atoms with Crippen LogP contribution in [0.1, 0.15) is 77.0 Å². The van der Waals surface area contributed by atoms with Gasteiger partial charge in [-0.15, -0.1) is 0 Å². The highest BCUT2D eigenvalue weighted by atomic mass is 16.5. The SMILES string of the molecule is COC1CCC(C2CNC(NC3CCCC(C(=O)N4CCC(N5CCCC5)CC4)C3)NC2)CC1. The van der Waals surface area contributed by atoms with Crippen LogP contribution in [0.2, 0.25) is 0 Å². The Morgan fingerprint density at radius 3 is 2.21 bits per heavy atom. The summed E-state index contributed by atoms with van der Waals surface area (Å²) in [4.78, 5) is 18.2. The molecule has 5 fully saturated rings. The van der Waals surface area contributed by atoms with Gasteiger partial charge >= 0.3 is 0 Å². The van der Waals surface area contributed by atoms with E-state index >= 15 is 0 Å². The smallest absolute Gasteiger partial charge is 0.225 e. The average molecular weight is 476 g/mol. The van der Waals surface area contributed by atoms with E-state index in [1.807, 2.05) is 7.11 Å². The van der Waals surface area contributed by atoms with Gasteiger partial charge in [0.05, 0.1) is 6.10 Å². The van der Waals surface area contributed by atoms with Crippen molar-refractivity contribution in [2.24, 2.45) is 17.8 Å². The number of carbonyl (C=O) groups is 1. The zero-order valence-corrected chi connectivity index (χ0v) is 21.5. The second kappa shape index (κ2) is 12.0. The summed E-state index contributed by atoms with van der Waals surface area (Å²) in [6.45, 7) is 6.66. The Morgan fingerprint density at radius 2 is 1.53 bits per heavy atom.